The highest BCUT2D eigenvalue weighted by molar-refractivity contribution is 9.09. The molecular weight excluding hydrogens is 232 g/mol. The van der Waals surface area contributed by atoms with Gasteiger partial charge in [-0.1, -0.05) is 35.2 Å². The Kier molecular flexibility index (Phi) is 3.31. The Bertz CT molecular complexity index is 375. The maximum Gasteiger partial charge on any atom is 0.274 e. The van der Waals surface area contributed by atoms with Crippen molar-refractivity contribution in [2.24, 2.45) is 0 Å². The summed E-state index contributed by atoms with van der Waals surface area (Å²) >= 11 is 3.27. The van der Waals surface area contributed by atoms with Crippen LogP contribution < -0.4 is 5.56 Å². The molecular formula is C9H11BrN2O. The minimum Gasteiger partial charge on any atom is -0.295 e. The van der Waals surface area contributed by atoms with Gasteiger partial charge in [0, 0.05) is 5.33 Å². The summed E-state index contributed by atoms with van der Waals surface area (Å²) < 4.78 is 1.53. The van der Waals surface area contributed by atoms with E-state index < -0.39 is 0 Å². The summed E-state index contributed by atoms with van der Waals surface area (Å²) in [6, 6.07) is 0. The Morgan fingerprint density at radius 3 is 2.54 bits per heavy atom. The number of halogens is 1. The van der Waals surface area contributed by atoms with E-state index in [1.54, 1.807) is 12.2 Å². The van der Waals surface area contributed by atoms with Crippen LogP contribution >= 0.6 is 15.9 Å². The van der Waals surface area contributed by atoms with Crippen molar-refractivity contribution in [1.82, 2.24) is 9.78 Å². The second-order valence-corrected chi connectivity index (χ2v) is 3.29. The Hall–Kier alpha value is -1.03. The van der Waals surface area contributed by atoms with Gasteiger partial charge in [0.1, 0.15) is 0 Å². The van der Waals surface area contributed by atoms with E-state index in [1.807, 2.05) is 0 Å². The van der Waals surface area contributed by atoms with Crippen molar-refractivity contribution in [2.45, 2.75) is 6.54 Å². The molecule has 1 N–H and O–H groups in total. The average molecular weight is 243 g/mol. The van der Waals surface area contributed by atoms with Crippen molar-refractivity contribution in [1.29, 1.82) is 0 Å². The molecule has 0 saturated heterocycles. The highest BCUT2D eigenvalue weighted by Gasteiger charge is 2.07. The maximum absolute atomic E-state index is 11.6. The van der Waals surface area contributed by atoms with E-state index in [2.05, 4.69) is 34.2 Å². The molecule has 1 rings (SSSR count). The van der Waals surface area contributed by atoms with E-state index in [9.17, 15) is 4.79 Å². The van der Waals surface area contributed by atoms with Gasteiger partial charge in [-0.3, -0.25) is 14.6 Å². The molecule has 0 aromatic carbocycles. The van der Waals surface area contributed by atoms with E-state index in [0.717, 1.165) is 11.0 Å². The molecule has 0 unspecified atom stereocenters. The van der Waals surface area contributed by atoms with E-state index in [4.69, 9.17) is 0 Å². The predicted molar refractivity (Wildman–Crippen MR) is 59.0 cm³/mol. The normalized spacial score (nSPS) is 9.92. The average Bonchev–Trinajstić information content (AvgIpc) is 2.44. The minimum absolute atomic E-state index is 0.0515. The van der Waals surface area contributed by atoms with E-state index in [-0.39, 0.29) is 5.56 Å². The number of aromatic nitrogens is 2. The molecule has 3 nitrogen and oxygen atoms in total. The van der Waals surface area contributed by atoms with Gasteiger partial charge in [-0.05, 0) is 6.08 Å². The molecule has 0 bridgehead atoms. The zero-order valence-corrected chi connectivity index (χ0v) is 8.80. The van der Waals surface area contributed by atoms with Crippen LogP contribution in [-0.2, 0) is 6.54 Å². The predicted octanol–water partition coefficient (Wildman–Crippen LogP) is 1.86. The number of alkyl halides is 1. The number of nitrogens with zero attached hydrogens (tertiary/aromatic N) is 1. The van der Waals surface area contributed by atoms with Crippen LogP contribution in [0.4, 0.5) is 0 Å². The fraction of sp³-hybridized carbons (Fsp3) is 0.222. The fourth-order valence-corrected chi connectivity index (χ4v) is 1.47. The van der Waals surface area contributed by atoms with Gasteiger partial charge in [0.2, 0.25) is 0 Å². The maximum atomic E-state index is 11.6. The summed E-state index contributed by atoms with van der Waals surface area (Å²) in [4.78, 5) is 11.6. The molecule has 0 aliphatic heterocycles. The first kappa shape index (κ1) is 10.1. The molecule has 0 amide bonds. The van der Waals surface area contributed by atoms with E-state index in [0.29, 0.717) is 12.1 Å². The van der Waals surface area contributed by atoms with E-state index in [1.165, 1.54) is 4.68 Å². The number of rotatable bonds is 4. The molecule has 0 radical (unpaired) electrons. The Labute approximate surface area is 84.9 Å². The molecule has 1 aromatic rings. The highest BCUT2D eigenvalue weighted by Crippen LogP contribution is 2.04. The third-order valence-corrected chi connectivity index (χ3v) is 2.09. The van der Waals surface area contributed by atoms with Crippen LogP contribution in [0.3, 0.4) is 0 Å². The van der Waals surface area contributed by atoms with Crippen molar-refractivity contribution < 1.29 is 0 Å². The number of nitrogens with one attached hydrogen (secondary N) is 1. The number of aryl methyl sites for hydroxylation is 1. The van der Waals surface area contributed by atoms with Crippen LogP contribution in [0.1, 0.15) is 11.3 Å². The van der Waals surface area contributed by atoms with Crippen LogP contribution in [0.2, 0.25) is 0 Å². The van der Waals surface area contributed by atoms with Crippen LogP contribution in [-0.4, -0.2) is 15.1 Å². The topological polar surface area (TPSA) is 37.8 Å². The van der Waals surface area contributed by atoms with Crippen molar-refractivity contribution in [3.8, 4) is 0 Å². The molecule has 0 atom stereocenters. The molecule has 1 heterocycles. The van der Waals surface area contributed by atoms with Gasteiger partial charge in [-0.15, -0.1) is 0 Å². The molecule has 13 heavy (non-hydrogen) atoms. The van der Waals surface area contributed by atoms with Crippen LogP contribution in [0, 0.1) is 0 Å². The Morgan fingerprint density at radius 1 is 1.46 bits per heavy atom. The van der Waals surface area contributed by atoms with Crippen LogP contribution in [0.25, 0.3) is 12.2 Å². The minimum atomic E-state index is -0.0515. The fourth-order valence-electron chi connectivity index (χ4n) is 1.11. The summed E-state index contributed by atoms with van der Waals surface area (Å²) in [6.07, 6.45) is 3.16. The van der Waals surface area contributed by atoms with E-state index >= 15 is 0 Å². The smallest absolute Gasteiger partial charge is 0.274 e. The van der Waals surface area contributed by atoms with Crippen molar-refractivity contribution in [2.75, 3.05) is 5.33 Å². The second-order valence-electron chi connectivity index (χ2n) is 2.49. The zero-order chi connectivity index (χ0) is 9.84. The van der Waals surface area contributed by atoms with Crippen LogP contribution in [0.5, 0.6) is 0 Å². The lowest BCUT2D eigenvalue weighted by Crippen LogP contribution is -2.18. The van der Waals surface area contributed by atoms with Gasteiger partial charge in [0.25, 0.3) is 5.56 Å². The summed E-state index contributed by atoms with van der Waals surface area (Å²) in [5.74, 6) is 0. The Morgan fingerprint density at radius 2 is 2.15 bits per heavy atom. The lowest BCUT2D eigenvalue weighted by atomic mass is 10.2. The van der Waals surface area contributed by atoms with Crippen molar-refractivity contribution in [3.05, 3.63) is 34.8 Å². The van der Waals surface area contributed by atoms with Crippen molar-refractivity contribution >= 4 is 28.1 Å². The first-order chi connectivity index (χ1) is 6.24. The molecule has 0 aliphatic rings. The number of aromatic amines is 1. The molecule has 0 fully saturated rings. The number of hydrogen-bond acceptors (Lipinski definition) is 1. The zero-order valence-electron chi connectivity index (χ0n) is 7.22. The lowest BCUT2D eigenvalue weighted by molar-refractivity contribution is 0.645. The lowest BCUT2D eigenvalue weighted by Gasteiger charge is -1.94. The van der Waals surface area contributed by atoms with Gasteiger partial charge < -0.3 is 0 Å². The highest BCUT2D eigenvalue weighted by atomic mass is 79.9. The SMILES string of the molecule is C=Cc1[nH]n(CCBr)c(=O)c1C=C. The summed E-state index contributed by atoms with van der Waals surface area (Å²) in [7, 11) is 0. The monoisotopic (exact) mass is 242 g/mol. The van der Waals surface area contributed by atoms with Gasteiger partial charge >= 0.3 is 0 Å². The van der Waals surface area contributed by atoms with Gasteiger partial charge in [0.05, 0.1) is 17.8 Å². The van der Waals surface area contributed by atoms with Crippen LogP contribution in [0.15, 0.2) is 18.0 Å². The third kappa shape index (κ3) is 1.83. The largest absolute Gasteiger partial charge is 0.295 e. The quantitative estimate of drug-likeness (QED) is 0.805. The summed E-state index contributed by atoms with van der Waals surface area (Å²) in [5.41, 5.74) is 1.25. The van der Waals surface area contributed by atoms with Gasteiger partial charge in [-0.2, -0.15) is 0 Å². The molecule has 0 aliphatic carbocycles. The molecule has 1 aromatic heterocycles. The summed E-state index contributed by atoms with van der Waals surface area (Å²) in [6.45, 7) is 7.81. The second kappa shape index (κ2) is 4.28. The first-order valence-corrected chi connectivity index (χ1v) is 5.00. The van der Waals surface area contributed by atoms with Gasteiger partial charge in [-0.25, -0.2) is 0 Å². The summed E-state index contributed by atoms with van der Waals surface area (Å²) in [5, 5.41) is 3.67. The molecule has 4 heteroatoms. The molecule has 0 spiro atoms. The number of hydrogen-bond donors (Lipinski definition) is 1. The molecule has 0 saturated carbocycles. The third-order valence-electron chi connectivity index (χ3n) is 1.74. The molecule has 70 valence electrons. The standard InChI is InChI=1S/C9H11BrN2O/c1-3-7-8(4-2)11-12(6-5-10)9(7)13/h3-4,11H,1-2,5-6H2. The number of H-pyrrole nitrogens is 1. The Balaban J connectivity index is 3.26. The van der Waals surface area contributed by atoms with Gasteiger partial charge in [0.15, 0.2) is 0 Å². The van der Waals surface area contributed by atoms with Crippen molar-refractivity contribution in [3.63, 3.8) is 0 Å². The first-order valence-electron chi connectivity index (χ1n) is 3.88.